The molecule has 1 N–H and O–H groups in total. The lowest BCUT2D eigenvalue weighted by molar-refractivity contribution is 0.580. The van der Waals surface area contributed by atoms with Crippen LogP contribution in [0.1, 0.15) is 31.4 Å². The summed E-state index contributed by atoms with van der Waals surface area (Å²) in [7, 11) is 1.99. The van der Waals surface area contributed by atoms with Gasteiger partial charge >= 0.3 is 0 Å². The third-order valence-electron chi connectivity index (χ3n) is 2.62. The summed E-state index contributed by atoms with van der Waals surface area (Å²) in [4.78, 5) is 0. The van der Waals surface area contributed by atoms with Crippen LogP contribution < -0.4 is 5.32 Å². The molecule has 1 rings (SSSR count). The molecular weight excluding hydrogens is 250 g/mol. The van der Waals surface area contributed by atoms with Gasteiger partial charge < -0.3 is 5.32 Å². The first-order valence-corrected chi connectivity index (χ1v) is 6.06. The van der Waals surface area contributed by atoms with Crippen LogP contribution >= 0.6 is 15.9 Å². The topological polar surface area (TPSA) is 12.0 Å². The summed E-state index contributed by atoms with van der Waals surface area (Å²) in [5, 5.41) is 3.33. The monoisotopic (exact) mass is 267 g/mol. The average molecular weight is 268 g/mol. The number of hydrogen-bond acceptors (Lipinski definition) is 1. The summed E-state index contributed by atoms with van der Waals surface area (Å²) in [5.74, 6) is 0. The van der Waals surface area contributed by atoms with Crippen molar-refractivity contribution in [2.75, 3.05) is 7.05 Å². The first-order chi connectivity index (χ1) is 7.19. The number of rotatable bonds is 5. The molecule has 0 radical (unpaired) electrons. The van der Waals surface area contributed by atoms with Crippen molar-refractivity contribution in [3.05, 3.63) is 46.5 Å². The minimum Gasteiger partial charge on any atom is -0.313 e. The van der Waals surface area contributed by atoms with Gasteiger partial charge in [-0.05, 0) is 31.5 Å². The lowest BCUT2D eigenvalue weighted by Gasteiger charge is -2.18. The van der Waals surface area contributed by atoms with Crippen molar-refractivity contribution in [3.63, 3.8) is 0 Å². The standard InChI is InChI=1S/C13H18BrN/c1-4-10(2)9-13(15-3)11-7-5-6-8-12(11)14/h5-8,13,15H,2,4,9H2,1,3H3. The number of halogens is 1. The quantitative estimate of drug-likeness (QED) is 0.794. The van der Waals surface area contributed by atoms with E-state index in [4.69, 9.17) is 0 Å². The van der Waals surface area contributed by atoms with Gasteiger partial charge in [0.05, 0.1) is 0 Å². The molecule has 0 heterocycles. The van der Waals surface area contributed by atoms with Crippen LogP contribution in [0.4, 0.5) is 0 Å². The molecule has 0 aromatic heterocycles. The zero-order chi connectivity index (χ0) is 11.3. The molecule has 1 aromatic carbocycles. The third kappa shape index (κ3) is 3.47. The number of hydrogen-bond donors (Lipinski definition) is 1. The van der Waals surface area contributed by atoms with Crippen molar-refractivity contribution >= 4 is 15.9 Å². The van der Waals surface area contributed by atoms with E-state index in [0.717, 1.165) is 17.3 Å². The van der Waals surface area contributed by atoms with E-state index < -0.39 is 0 Å². The van der Waals surface area contributed by atoms with E-state index in [0.29, 0.717) is 6.04 Å². The summed E-state index contributed by atoms with van der Waals surface area (Å²) in [5.41, 5.74) is 2.58. The molecule has 0 aliphatic heterocycles. The van der Waals surface area contributed by atoms with Crippen LogP contribution in [0.15, 0.2) is 40.9 Å². The van der Waals surface area contributed by atoms with Crippen LogP contribution in [0.2, 0.25) is 0 Å². The minimum absolute atomic E-state index is 0.355. The first-order valence-electron chi connectivity index (χ1n) is 5.27. The maximum atomic E-state index is 4.06. The minimum atomic E-state index is 0.355. The third-order valence-corrected chi connectivity index (χ3v) is 3.34. The Morgan fingerprint density at radius 1 is 1.47 bits per heavy atom. The Bertz CT molecular complexity index is 333. The van der Waals surface area contributed by atoms with Crippen LogP contribution in [0, 0.1) is 0 Å². The van der Waals surface area contributed by atoms with Crippen LogP contribution in [-0.4, -0.2) is 7.05 Å². The van der Waals surface area contributed by atoms with Gasteiger partial charge in [-0.1, -0.05) is 53.2 Å². The maximum Gasteiger partial charge on any atom is 0.0366 e. The van der Waals surface area contributed by atoms with E-state index in [2.05, 4.69) is 52.9 Å². The Morgan fingerprint density at radius 3 is 2.67 bits per heavy atom. The summed E-state index contributed by atoms with van der Waals surface area (Å²) in [6, 6.07) is 8.68. The van der Waals surface area contributed by atoms with Crippen molar-refractivity contribution in [1.82, 2.24) is 5.32 Å². The Balaban J connectivity index is 2.83. The molecule has 0 saturated heterocycles. The predicted molar refractivity (Wildman–Crippen MR) is 70.0 cm³/mol. The van der Waals surface area contributed by atoms with Gasteiger partial charge in [0.1, 0.15) is 0 Å². The van der Waals surface area contributed by atoms with Crippen LogP contribution in [0.25, 0.3) is 0 Å². The van der Waals surface area contributed by atoms with Crippen LogP contribution in [0.3, 0.4) is 0 Å². The van der Waals surface area contributed by atoms with E-state index >= 15 is 0 Å². The first kappa shape index (κ1) is 12.5. The lowest BCUT2D eigenvalue weighted by atomic mass is 9.99. The van der Waals surface area contributed by atoms with Gasteiger partial charge in [0, 0.05) is 10.5 Å². The molecule has 0 aliphatic rings. The summed E-state index contributed by atoms with van der Waals surface area (Å²) in [6.07, 6.45) is 2.04. The SMILES string of the molecule is C=C(CC)CC(NC)c1ccccc1Br. The van der Waals surface area contributed by atoms with E-state index in [1.165, 1.54) is 11.1 Å². The Morgan fingerprint density at radius 2 is 2.13 bits per heavy atom. The number of benzene rings is 1. The van der Waals surface area contributed by atoms with Crippen molar-refractivity contribution in [2.45, 2.75) is 25.8 Å². The second-order valence-electron chi connectivity index (χ2n) is 3.67. The van der Waals surface area contributed by atoms with Crippen LogP contribution in [0.5, 0.6) is 0 Å². The normalized spacial score (nSPS) is 12.5. The Hall–Kier alpha value is -0.600. The highest BCUT2D eigenvalue weighted by molar-refractivity contribution is 9.10. The summed E-state index contributed by atoms with van der Waals surface area (Å²) < 4.78 is 1.16. The molecule has 0 amide bonds. The molecule has 1 aromatic rings. The second kappa shape index (κ2) is 6.09. The maximum absolute atomic E-state index is 4.06. The largest absolute Gasteiger partial charge is 0.313 e. The summed E-state index contributed by atoms with van der Waals surface area (Å²) >= 11 is 3.58. The molecule has 0 bridgehead atoms. The zero-order valence-corrected chi connectivity index (χ0v) is 11.0. The van der Waals surface area contributed by atoms with Gasteiger partial charge in [-0.3, -0.25) is 0 Å². The van der Waals surface area contributed by atoms with Crippen molar-refractivity contribution in [1.29, 1.82) is 0 Å². The zero-order valence-electron chi connectivity index (χ0n) is 9.39. The molecule has 1 nitrogen and oxygen atoms in total. The van der Waals surface area contributed by atoms with Gasteiger partial charge in [-0.15, -0.1) is 0 Å². The molecule has 1 unspecified atom stereocenters. The van der Waals surface area contributed by atoms with Crippen LogP contribution in [-0.2, 0) is 0 Å². The van der Waals surface area contributed by atoms with Crippen molar-refractivity contribution in [3.8, 4) is 0 Å². The molecule has 1 atom stereocenters. The molecular formula is C13H18BrN. The fraction of sp³-hybridized carbons (Fsp3) is 0.385. The Labute approximate surface area is 101 Å². The molecule has 2 heteroatoms. The van der Waals surface area contributed by atoms with Crippen molar-refractivity contribution < 1.29 is 0 Å². The van der Waals surface area contributed by atoms with E-state index in [-0.39, 0.29) is 0 Å². The van der Waals surface area contributed by atoms with Gasteiger partial charge in [-0.25, -0.2) is 0 Å². The highest BCUT2D eigenvalue weighted by atomic mass is 79.9. The smallest absolute Gasteiger partial charge is 0.0366 e. The second-order valence-corrected chi connectivity index (χ2v) is 4.52. The fourth-order valence-electron chi connectivity index (χ4n) is 1.56. The van der Waals surface area contributed by atoms with Gasteiger partial charge in [0.2, 0.25) is 0 Å². The van der Waals surface area contributed by atoms with E-state index in [1.807, 2.05) is 13.1 Å². The predicted octanol–water partition coefficient (Wildman–Crippen LogP) is 4.07. The van der Waals surface area contributed by atoms with E-state index in [1.54, 1.807) is 0 Å². The summed E-state index contributed by atoms with van der Waals surface area (Å²) in [6.45, 7) is 6.21. The van der Waals surface area contributed by atoms with E-state index in [9.17, 15) is 0 Å². The van der Waals surface area contributed by atoms with Gasteiger partial charge in [0.25, 0.3) is 0 Å². The molecule has 0 aliphatic carbocycles. The average Bonchev–Trinajstić information content (AvgIpc) is 2.26. The highest BCUT2D eigenvalue weighted by Crippen LogP contribution is 2.27. The molecule has 15 heavy (non-hydrogen) atoms. The fourth-order valence-corrected chi connectivity index (χ4v) is 2.12. The van der Waals surface area contributed by atoms with Gasteiger partial charge in [-0.2, -0.15) is 0 Å². The molecule has 0 spiro atoms. The Kier molecular flexibility index (Phi) is 5.06. The lowest BCUT2D eigenvalue weighted by Crippen LogP contribution is -2.17. The van der Waals surface area contributed by atoms with Crippen molar-refractivity contribution in [2.24, 2.45) is 0 Å². The number of nitrogens with one attached hydrogen (secondary N) is 1. The molecule has 0 fully saturated rings. The van der Waals surface area contributed by atoms with Gasteiger partial charge in [0.15, 0.2) is 0 Å². The highest BCUT2D eigenvalue weighted by Gasteiger charge is 2.12. The molecule has 0 saturated carbocycles. The molecule has 82 valence electrons.